The number of halogens is 1. The Morgan fingerprint density at radius 1 is 1.56 bits per heavy atom. The van der Waals surface area contributed by atoms with Crippen molar-refractivity contribution in [3.63, 3.8) is 0 Å². The van der Waals surface area contributed by atoms with E-state index in [0.29, 0.717) is 12.6 Å². The molecule has 5 nitrogen and oxygen atoms in total. The fourth-order valence-electron chi connectivity index (χ4n) is 1.64. The first-order valence-electron chi connectivity index (χ1n) is 5.34. The zero-order valence-electron chi connectivity index (χ0n) is 9.16. The molecule has 0 aliphatic carbocycles. The number of nitrogens with zero attached hydrogens (tertiary/aromatic N) is 2. The van der Waals surface area contributed by atoms with E-state index in [1.165, 1.54) is 0 Å². The van der Waals surface area contributed by atoms with Crippen molar-refractivity contribution in [2.75, 3.05) is 30.9 Å². The van der Waals surface area contributed by atoms with E-state index in [2.05, 4.69) is 20.6 Å². The Balaban J connectivity index is 2.06. The minimum Gasteiger partial charge on any atom is -0.379 e. The second kappa shape index (κ2) is 5.07. The van der Waals surface area contributed by atoms with E-state index in [1.54, 1.807) is 7.05 Å². The lowest BCUT2D eigenvalue weighted by Crippen LogP contribution is -2.30. The number of nitrogens with one attached hydrogen (secondary N) is 2. The van der Waals surface area contributed by atoms with E-state index in [9.17, 15) is 4.39 Å². The normalized spacial score (nSPS) is 20.5. The Kier molecular flexibility index (Phi) is 3.51. The van der Waals surface area contributed by atoms with Crippen molar-refractivity contribution in [1.29, 1.82) is 0 Å². The van der Waals surface area contributed by atoms with Gasteiger partial charge in [-0.05, 0) is 12.8 Å². The largest absolute Gasteiger partial charge is 0.379 e. The maximum atomic E-state index is 13.4. The van der Waals surface area contributed by atoms with Crippen LogP contribution in [0.1, 0.15) is 12.8 Å². The van der Waals surface area contributed by atoms with Gasteiger partial charge in [-0.15, -0.1) is 0 Å². The Morgan fingerprint density at radius 3 is 3.12 bits per heavy atom. The minimum atomic E-state index is -0.440. The fourth-order valence-corrected chi connectivity index (χ4v) is 1.64. The number of aromatic nitrogens is 2. The van der Waals surface area contributed by atoms with Gasteiger partial charge >= 0.3 is 0 Å². The minimum absolute atomic E-state index is 0.128. The molecule has 0 aromatic carbocycles. The fraction of sp³-hybridized carbons (Fsp3) is 0.600. The quantitative estimate of drug-likeness (QED) is 0.812. The molecule has 1 atom stereocenters. The van der Waals surface area contributed by atoms with Gasteiger partial charge in [-0.25, -0.2) is 9.37 Å². The summed E-state index contributed by atoms with van der Waals surface area (Å²) < 4.78 is 18.7. The summed E-state index contributed by atoms with van der Waals surface area (Å²) in [4.78, 5) is 7.80. The predicted octanol–water partition coefficient (Wildman–Crippen LogP) is 1.25. The lowest BCUT2D eigenvalue weighted by atomic mass is 10.1. The highest BCUT2D eigenvalue weighted by Gasteiger charge is 2.16. The van der Waals surface area contributed by atoms with Gasteiger partial charge in [0, 0.05) is 13.7 Å². The summed E-state index contributed by atoms with van der Waals surface area (Å²) in [6, 6.07) is 0.128. The average Bonchev–Trinajstić information content (AvgIpc) is 2.33. The molecule has 2 N–H and O–H groups in total. The first-order valence-corrected chi connectivity index (χ1v) is 5.34. The number of hydrogen-bond donors (Lipinski definition) is 2. The third kappa shape index (κ3) is 2.57. The Bertz CT molecular complexity index is 355. The second-order valence-corrected chi connectivity index (χ2v) is 3.70. The molecule has 1 aromatic heterocycles. The standard InChI is InChI=1S/C10H15FN4O/c1-12-10-13-5-8(11)9(15-10)14-7-3-2-4-16-6-7/h5,7H,2-4,6H2,1H3,(H2,12,13,14,15). The summed E-state index contributed by atoms with van der Waals surface area (Å²) in [5.74, 6) is 0.194. The van der Waals surface area contributed by atoms with Crippen LogP contribution in [0, 0.1) is 5.82 Å². The van der Waals surface area contributed by atoms with Gasteiger partial charge in [0.2, 0.25) is 5.95 Å². The summed E-state index contributed by atoms with van der Waals surface area (Å²) >= 11 is 0. The van der Waals surface area contributed by atoms with Crippen molar-refractivity contribution < 1.29 is 9.13 Å². The van der Waals surface area contributed by atoms with Crippen LogP contribution >= 0.6 is 0 Å². The van der Waals surface area contributed by atoms with Crippen molar-refractivity contribution in [3.05, 3.63) is 12.0 Å². The van der Waals surface area contributed by atoms with Crippen molar-refractivity contribution in [3.8, 4) is 0 Å². The molecule has 16 heavy (non-hydrogen) atoms. The van der Waals surface area contributed by atoms with Gasteiger partial charge in [-0.1, -0.05) is 0 Å². The first-order chi connectivity index (χ1) is 7.79. The molecule has 88 valence electrons. The molecule has 0 bridgehead atoms. The Labute approximate surface area is 93.4 Å². The molecular formula is C10H15FN4O. The van der Waals surface area contributed by atoms with Gasteiger partial charge in [-0.3, -0.25) is 0 Å². The zero-order chi connectivity index (χ0) is 11.4. The highest BCUT2D eigenvalue weighted by atomic mass is 19.1. The molecule has 0 spiro atoms. The lowest BCUT2D eigenvalue weighted by Gasteiger charge is -2.23. The van der Waals surface area contributed by atoms with Crippen LogP contribution in [0.4, 0.5) is 16.2 Å². The van der Waals surface area contributed by atoms with Crippen LogP contribution in [0.3, 0.4) is 0 Å². The molecule has 1 aromatic rings. The molecule has 1 aliphatic heterocycles. The molecule has 2 rings (SSSR count). The van der Waals surface area contributed by atoms with Crippen molar-refractivity contribution in [1.82, 2.24) is 9.97 Å². The first kappa shape index (κ1) is 11.1. The molecule has 1 saturated heterocycles. The molecule has 1 aliphatic rings. The third-order valence-corrected chi connectivity index (χ3v) is 2.47. The Hall–Kier alpha value is -1.43. The smallest absolute Gasteiger partial charge is 0.224 e. The molecular weight excluding hydrogens is 211 g/mol. The van der Waals surface area contributed by atoms with Crippen LogP contribution < -0.4 is 10.6 Å². The van der Waals surface area contributed by atoms with Crippen LogP contribution in [0.25, 0.3) is 0 Å². The molecule has 0 saturated carbocycles. The van der Waals surface area contributed by atoms with E-state index in [4.69, 9.17) is 4.74 Å². The Morgan fingerprint density at radius 2 is 2.44 bits per heavy atom. The topological polar surface area (TPSA) is 59.1 Å². The van der Waals surface area contributed by atoms with Crippen LogP contribution in [0.2, 0.25) is 0 Å². The molecule has 2 heterocycles. The summed E-state index contributed by atoms with van der Waals surface area (Å²) in [6.07, 6.45) is 3.12. The summed E-state index contributed by atoms with van der Waals surface area (Å²) in [5.41, 5.74) is 0. The van der Waals surface area contributed by atoms with Gasteiger partial charge in [-0.2, -0.15) is 4.98 Å². The number of ether oxygens (including phenoxy) is 1. The molecule has 1 fully saturated rings. The number of rotatable bonds is 3. The second-order valence-electron chi connectivity index (χ2n) is 3.70. The van der Waals surface area contributed by atoms with E-state index in [0.717, 1.165) is 25.6 Å². The molecule has 6 heteroatoms. The van der Waals surface area contributed by atoms with Crippen molar-refractivity contribution in [2.24, 2.45) is 0 Å². The van der Waals surface area contributed by atoms with Crippen LogP contribution in [-0.4, -0.2) is 36.3 Å². The monoisotopic (exact) mass is 226 g/mol. The highest BCUT2D eigenvalue weighted by molar-refractivity contribution is 5.41. The maximum Gasteiger partial charge on any atom is 0.224 e. The molecule has 0 amide bonds. The lowest BCUT2D eigenvalue weighted by molar-refractivity contribution is 0.0874. The van der Waals surface area contributed by atoms with Gasteiger partial charge in [0.1, 0.15) is 0 Å². The number of hydrogen-bond acceptors (Lipinski definition) is 5. The number of anilines is 2. The highest BCUT2D eigenvalue weighted by Crippen LogP contribution is 2.16. The average molecular weight is 226 g/mol. The van der Waals surface area contributed by atoms with Gasteiger partial charge < -0.3 is 15.4 Å². The predicted molar refractivity (Wildman–Crippen MR) is 59.0 cm³/mol. The van der Waals surface area contributed by atoms with Crippen molar-refractivity contribution >= 4 is 11.8 Å². The van der Waals surface area contributed by atoms with Gasteiger partial charge in [0.25, 0.3) is 0 Å². The summed E-state index contributed by atoms with van der Waals surface area (Å²) in [5, 5.41) is 5.80. The van der Waals surface area contributed by atoms with Crippen molar-refractivity contribution in [2.45, 2.75) is 18.9 Å². The van der Waals surface area contributed by atoms with Crippen LogP contribution in [0.15, 0.2) is 6.20 Å². The van der Waals surface area contributed by atoms with E-state index >= 15 is 0 Å². The summed E-state index contributed by atoms with van der Waals surface area (Å²) in [7, 11) is 1.70. The van der Waals surface area contributed by atoms with E-state index in [-0.39, 0.29) is 11.9 Å². The summed E-state index contributed by atoms with van der Waals surface area (Å²) in [6.45, 7) is 1.38. The SMILES string of the molecule is CNc1ncc(F)c(NC2CCCOC2)n1. The van der Waals surface area contributed by atoms with Gasteiger partial charge in [0.05, 0.1) is 18.8 Å². The zero-order valence-corrected chi connectivity index (χ0v) is 9.16. The van der Waals surface area contributed by atoms with E-state index < -0.39 is 5.82 Å². The maximum absolute atomic E-state index is 13.4. The van der Waals surface area contributed by atoms with Crippen LogP contribution in [-0.2, 0) is 4.74 Å². The van der Waals surface area contributed by atoms with Gasteiger partial charge in [0.15, 0.2) is 11.6 Å². The van der Waals surface area contributed by atoms with Crippen LogP contribution in [0.5, 0.6) is 0 Å². The third-order valence-electron chi connectivity index (χ3n) is 2.47. The van der Waals surface area contributed by atoms with E-state index in [1.807, 2.05) is 0 Å². The molecule has 1 unspecified atom stereocenters. The molecule has 0 radical (unpaired) electrons.